The van der Waals surface area contributed by atoms with Crippen LogP contribution < -0.4 is 9.64 Å². The number of hydrogen-bond donors (Lipinski definition) is 1. The molecule has 1 atom stereocenters. The van der Waals surface area contributed by atoms with Crippen LogP contribution in [0.5, 0.6) is 5.75 Å². The Morgan fingerprint density at radius 3 is 2.86 bits per heavy atom. The Balaban J connectivity index is 1.95. The number of hydrogen-bond acceptors (Lipinski definition) is 3. The zero-order chi connectivity index (χ0) is 15.7. The number of benzene rings is 2. The number of fused-ring (bicyclic) bond motifs is 1. The van der Waals surface area contributed by atoms with Crippen molar-refractivity contribution in [2.45, 2.75) is 26.5 Å². The first-order chi connectivity index (χ1) is 10.5. The van der Waals surface area contributed by atoms with Crippen molar-refractivity contribution in [3.05, 3.63) is 59.2 Å². The van der Waals surface area contributed by atoms with Gasteiger partial charge in [0.2, 0.25) is 0 Å². The van der Waals surface area contributed by atoms with E-state index in [1.165, 1.54) is 0 Å². The summed E-state index contributed by atoms with van der Waals surface area (Å²) < 4.78 is 5.90. The monoisotopic (exact) mass is 297 g/mol. The van der Waals surface area contributed by atoms with Gasteiger partial charge in [-0.15, -0.1) is 0 Å². The molecule has 1 aliphatic rings. The van der Waals surface area contributed by atoms with Crippen molar-refractivity contribution in [2.75, 3.05) is 11.4 Å². The average molecular weight is 297 g/mol. The van der Waals surface area contributed by atoms with Crippen molar-refractivity contribution in [1.29, 1.82) is 0 Å². The predicted molar refractivity (Wildman–Crippen MR) is 85.7 cm³/mol. The summed E-state index contributed by atoms with van der Waals surface area (Å²) in [7, 11) is 0. The minimum Gasteiger partial charge on any atom is -0.487 e. The highest BCUT2D eigenvalue weighted by molar-refractivity contribution is 5.89. The van der Waals surface area contributed by atoms with Gasteiger partial charge >= 0.3 is 5.97 Å². The maximum atomic E-state index is 11.4. The molecule has 22 heavy (non-hydrogen) atoms. The van der Waals surface area contributed by atoms with Gasteiger partial charge in [-0.25, -0.2) is 4.79 Å². The highest BCUT2D eigenvalue weighted by Crippen LogP contribution is 2.35. The predicted octanol–water partition coefficient (Wildman–Crippen LogP) is 3.48. The van der Waals surface area contributed by atoms with E-state index < -0.39 is 5.97 Å². The molecule has 1 unspecified atom stereocenters. The third-order valence-electron chi connectivity index (χ3n) is 3.87. The largest absolute Gasteiger partial charge is 0.487 e. The second-order valence-electron chi connectivity index (χ2n) is 5.74. The van der Waals surface area contributed by atoms with Gasteiger partial charge in [-0.3, -0.25) is 0 Å². The van der Waals surface area contributed by atoms with Gasteiger partial charge in [-0.1, -0.05) is 24.3 Å². The second-order valence-corrected chi connectivity index (χ2v) is 5.74. The number of aryl methyl sites for hydroxylation is 1. The minimum absolute atomic E-state index is 0.0753. The summed E-state index contributed by atoms with van der Waals surface area (Å²) in [6, 6.07) is 13.3. The normalized spacial score (nSPS) is 16.8. The van der Waals surface area contributed by atoms with E-state index in [1.54, 1.807) is 12.1 Å². The van der Waals surface area contributed by atoms with Gasteiger partial charge in [0.1, 0.15) is 11.9 Å². The van der Waals surface area contributed by atoms with Gasteiger partial charge in [0.25, 0.3) is 0 Å². The summed E-state index contributed by atoms with van der Waals surface area (Å²) in [5, 5.41) is 9.34. The van der Waals surface area contributed by atoms with E-state index in [0.717, 1.165) is 29.1 Å². The van der Waals surface area contributed by atoms with Gasteiger partial charge in [0, 0.05) is 6.54 Å². The van der Waals surface area contributed by atoms with E-state index in [1.807, 2.05) is 44.2 Å². The lowest BCUT2D eigenvalue weighted by Gasteiger charge is -2.35. The standard InChI is InChI=1S/C18H19NO3/c1-12-7-8-16-17(9-12)22-13(2)10-19(16)11-14-5-3-4-6-15(14)18(20)21/h3-9,13H,10-11H2,1-2H3,(H,20,21). The Kier molecular flexibility index (Phi) is 3.75. The van der Waals surface area contributed by atoms with E-state index in [2.05, 4.69) is 4.90 Å². The number of anilines is 1. The minimum atomic E-state index is -0.888. The molecule has 0 aliphatic carbocycles. The molecule has 1 aliphatic heterocycles. The SMILES string of the molecule is Cc1ccc2c(c1)OC(C)CN2Cc1ccccc1C(=O)O. The van der Waals surface area contributed by atoms with E-state index >= 15 is 0 Å². The fourth-order valence-electron chi connectivity index (χ4n) is 2.86. The summed E-state index contributed by atoms with van der Waals surface area (Å²) in [5.41, 5.74) is 3.34. The van der Waals surface area contributed by atoms with Gasteiger partial charge in [-0.05, 0) is 43.2 Å². The average Bonchev–Trinajstić information content (AvgIpc) is 2.46. The Hall–Kier alpha value is -2.49. The van der Waals surface area contributed by atoms with Gasteiger partial charge in [0.05, 0.1) is 17.8 Å². The van der Waals surface area contributed by atoms with E-state index in [-0.39, 0.29) is 6.10 Å². The summed E-state index contributed by atoms with van der Waals surface area (Å²) in [4.78, 5) is 13.6. The molecule has 4 heteroatoms. The van der Waals surface area contributed by atoms with E-state index in [0.29, 0.717) is 12.1 Å². The molecule has 3 rings (SSSR count). The molecule has 1 heterocycles. The van der Waals surface area contributed by atoms with Crippen LogP contribution in [0.3, 0.4) is 0 Å². The van der Waals surface area contributed by atoms with Crippen LogP contribution >= 0.6 is 0 Å². The Morgan fingerprint density at radius 2 is 2.09 bits per heavy atom. The number of ether oxygens (including phenoxy) is 1. The van der Waals surface area contributed by atoms with Crippen LogP contribution in [-0.2, 0) is 6.54 Å². The van der Waals surface area contributed by atoms with Crippen LogP contribution in [0.2, 0.25) is 0 Å². The Bertz CT molecular complexity index is 711. The van der Waals surface area contributed by atoms with E-state index in [4.69, 9.17) is 4.74 Å². The highest BCUT2D eigenvalue weighted by Gasteiger charge is 2.24. The second kappa shape index (κ2) is 5.72. The number of rotatable bonds is 3. The fraction of sp³-hybridized carbons (Fsp3) is 0.278. The first-order valence-corrected chi connectivity index (χ1v) is 7.38. The van der Waals surface area contributed by atoms with Crippen LogP contribution in [0.15, 0.2) is 42.5 Å². The summed E-state index contributed by atoms with van der Waals surface area (Å²) >= 11 is 0. The topological polar surface area (TPSA) is 49.8 Å². The fourth-order valence-corrected chi connectivity index (χ4v) is 2.86. The molecule has 4 nitrogen and oxygen atoms in total. The quantitative estimate of drug-likeness (QED) is 0.942. The number of aromatic carboxylic acids is 1. The number of carbonyl (C=O) groups is 1. The van der Waals surface area contributed by atoms with Crippen molar-refractivity contribution < 1.29 is 14.6 Å². The van der Waals surface area contributed by atoms with Crippen molar-refractivity contribution in [3.8, 4) is 5.75 Å². The van der Waals surface area contributed by atoms with Gasteiger partial charge < -0.3 is 14.7 Å². The first-order valence-electron chi connectivity index (χ1n) is 7.38. The number of carboxylic acids is 1. The first kappa shape index (κ1) is 14.4. The molecule has 0 saturated carbocycles. The van der Waals surface area contributed by atoms with Crippen LogP contribution in [0.25, 0.3) is 0 Å². The van der Waals surface area contributed by atoms with Gasteiger partial charge in [-0.2, -0.15) is 0 Å². The maximum Gasteiger partial charge on any atom is 0.336 e. The van der Waals surface area contributed by atoms with Gasteiger partial charge in [0.15, 0.2) is 0 Å². The number of nitrogens with zero attached hydrogens (tertiary/aromatic N) is 1. The lowest BCUT2D eigenvalue weighted by Crippen LogP contribution is -2.38. The van der Waals surface area contributed by atoms with Crippen LogP contribution in [0.4, 0.5) is 5.69 Å². The van der Waals surface area contributed by atoms with Crippen molar-refractivity contribution >= 4 is 11.7 Å². The molecule has 0 aromatic heterocycles. The van der Waals surface area contributed by atoms with E-state index in [9.17, 15) is 9.90 Å². The summed E-state index contributed by atoms with van der Waals surface area (Å²) in [6.45, 7) is 5.37. The van der Waals surface area contributed by atoms with Crippen molar-refractivity contribution in [3.63, 3.8) is 0 Å². The smallest absolute Gasteiger partial charge is 0.336 e. The molecule has 0 bridgehead atoms. The number of carboxylic acid groups (broad SMARTS) is 1. The molecule has 0 spiro atoms. The van der Waals surface area contributed by atoms with Crippen molar-refractivity contribution in [1.82, 2.24) is 0 Å². The lowest BCUT2D eigenvalue weighted by atomic mass is 10.1. The zero-order valence-electron chi connectivity index (χ0n) is 12.7. The third kappa shape index (κ3) is 2.77. The Labute approximate surface area is 130 Å². The molecule has 0 amide bonds. The molecule has 2 aromatic carbocycles. The molecule has 0 radical (unpaired) electrons. The molecular weight excluding hydrogens is 278 g/mol. The van der Waals surface area contributed by atoms with Crippen LogP contribution in [-0.4, -0.2) is 23.7 Å². The molecule has 114 valence electrons. The summed E-state index contributed by atoms with van der Waals surface area (Å²) in [6.07, 6.45) is 0.0753. The zero-order valence-corrected chi connectivity index (χ0v) is 12.7. The van der Waals surface area contributed by atoms with Crippen LogP contribution in [0.1, 0.15) is 28.4 Å². The molecule has 2 aromatic rings. The summed E-state index contributed by atoms with van der Waals surface area (Å²) in [5.74, 6) is -0.0207. The third-order valence-corrected chi connectivity index (χ3v) is 3.87. The van der Waals surface area contributed by atoms with Crippen LogP contribution in [0, 0.1) is 6.92 Å². The maximum absolute atomic E-state index is 11.4. The molecule has 0 fully saturated rings. The molecule has 1 N–H and O–H groups in total. The van der Waals surface area contributed by atoms with Crippen molar-refractivity contribution in [2.24, 2.45) is 0 Å². The lowest BCUT2D eigenvalue weighted by molar-refractivity contribution is 0.0695. The molecular formula is C18H19NO3. The molecule has 0 saturated heterocycles. The highest BCUT2D eigenvalue weighted by atomic mass is 16.5. The Morgan fingerprint density at radius 1 is 1.32 bits per heavy atom.